The summed E-state index contributed by atoms with van der Waals surface area (Å²) >= 11 is 0. The first kappa shape index (κ1) is 13.3. The van der Waals surface area contributed by atoms with Crippen LogP contribution in [0.1, 0.15) is 20.8 Å². The van der Waals surface area contributed by atoms with Crippen molar-refractivity contribution in [1.29, 1.82) is 0 Å². The summed E-state index contributed by atoms with van der Waals surface area (Å²) in [4.78, 5) is 16.4. The predicted octanol–water partition coefficient (Wildman–Crippen LogP) is 1.46. The van der Waals surface area contributed by atoms with Gasteiger partial charge in [0.1, 0.15) is 6.61 Å². The molecule has 16 heavy (non-hydrogen) atoms. The molecule has 1 rings (SSSR count). The van der Waals surface area contributed by atoms with E-state index in [-0.39, 0.29) is 12.1 Å². The minimum absolute atomic E-state index is 0.262. The maximum Gasteiger partial charge on any atom is 0.330 e. The van der Waals surface area contributed by atoms with E-state index in [1.54, 1.807) is 20.8 Å². The van der Waals surface area contributed by atoms with E-state index in [1.807, 2.05) is 0 Å². The molecule has 0 amide bonds. The Morgan fingerprint density at radius 3 is 2.44 bits per heavy atom. The Morgan fingerprint density at radius 2 is 2.00 bits per heavy atom. The van der Waals surface area contributed by atoms with Gasteiger partial charge in [0.25, 0.3) is 6.43 Å². The molecule has 0 aromatic heterocycles. The van der Waals surface area contributed by atoms with Crippen LogP contribution in [0.5, 0.6) is 0 Å². The molecule has 0 aromatic rings. The van der Waals surface area contributed by atoms with Gasteiger partial charge in [-0.2, -0.15) is 0 Å². The highest BCUT2D eigenvalue weighted by atomic mass is 19.3. The van der Waals surface area contributed by atoms with Gasteiger partial charge in [0.05, 0.1) is 24.6 Å². The molecule has 1 heterocycles. The largest absolute Gasteiger partial charge is 0.369 e. The van der Waals surface area contributed by atoms with E-state index >= 15 is 0 Å². The molecule has 94 valence electrons. The second kappa shape index (κ2) is 5.05. The van der Waals surface area contributed by atoms with E-state index in [0.29, 0.717) is 13.1 Å². The van der Waals surface area contributed by atoms with Crippen LogP contribution in [-0.2, 0) is 14.4 Å². The van der Waals surface area contributed by atoms with Crippen molar-refractivity contribution in [1.82, 2.24) is 5.06 Å². The van der Waals surface area contributed by atoms with Crippen molar-refractivity contribution in [2.45, 2.75) is 33.3 Å². The van der Waals surface area contributed by atoms with Crippen LogP contribution in [0.15, 0.2) is 0 Å². The Morgan fingerprint density at radius 1 is 1.44 bits per heavy atom. The van der Waals surface area contributed by atoms with Crippen LogP contribution >= 0.6 is 0 Å². The summed E-state index contributed by atoms with van der Waals surface area (Å²) in [5, 5.41) is 1.42. The molecule has 4 nitrogen and oxygen atoms in total. The standard InChI is InChI=1S/C10H17F2NO3/c1-10(2,3)9(14)16-13-4-7(5-13)15-6-8(11)12/h7-8H,4-6H2,1-3H3. The summed E-state index contributed by atoms with van der Waals surface area (Å²) in [7, 11) is 0. The SMILES string of the molecule is CC(C)(C)C(=O)ON1CC(OCC(F)F)C1. The molecule has 0 aromatic carbocycles. The molecule has 0 aliphatic carbocycles. The third-order valence-electron chi connectivity index (χ3n) is 2.10. The monoisotopic (exact) mass is 237 g/mol. The first-order chi connectivity index (χ1) is 7.29. The van der Waals surface area contributed by atoms with Crippen molar-refractivity contribution in [2.24, 2.45) is 5.41 Å². The maximum absolute atomic E-state index is 11.8. The van der Waals surface area contributed by atoms with Gasteiger partial charge in [-0.25, -0.2) is 13.6 Å². The van der Waals surface area contributed by atoms with Gasteiger partial charge in [0.15, 0.2) is 0 Å². The van der Waals surface area contributed by atoms with E-state index in [4.69, 9.17) is 9.57 Å². The van der Waals surface area contributed by atoms with Crippen molar-refractivity contribution >= 4 is 5.97 Å². The van der Waals surface area contributed by atoms with Crippen LogP contribution in [0, 0.1) is 5.41 Å². The van der Waals surface area contributed by atoms with Crippen LogP contribution in [-0.4, -0.2) is 43.3 Å². The van der Waals surface area contributed by atoms with E-state index in [9.17, 15) is 13.6 Å². The number of carbonyl (C=O) groups excluding carboxylic acids is 1. The molecule has 1 aliphatic heterocycles. The molecule has 1 aliphatic rings. The quantitative estimate of drug-likeness (QED) is 0.742. The lowest BCUT2D eigenvalue weighted by molar-refractivity contribution is -0.247. The third kappa shape index (κ3) is 4.02. The summed E-state index contributed by atoms with van der Waals surface area (Å²) in [6, 6.07) is 0. The number of alkyl halides is 2. The molecule has 1 saturated heterocycles. The summed E-state index contributed by atoms with van der Waals surface area (Å²) < 4.78 is 28.4. The number of halogens is 2. The molecular formula is C10H17F2NO3. The van der Waals surface area contributed by atoms with Crippen molar-refractivity contribution < 1.29 is 23.1 Å². The molecule has 0 atom stereocenters. The van der Waals surface area contributed by atoms with Crippen LogP contribution in [0.3, 0.4) is 0 Å². The number of ether oxygens (including phenoxy) is 1. The minimum atomic E-state index is -2.45. The normalized spacial score (nSPS) is 18.6. The fourth-order valence-electron chi connectivity index (χ4n) is 1.04. The average molecular weight is 237 g/mol. The molecule has 0 bridgehead atoms. The fraction of sp³-hybridized carbons (Fsp3) is 0.900. The summed E-state index contributed by atoms with van der Waals surface area (Å²) in [5.41, 5.74) is -0.561. The highest BCUT2D eigenvalue weighted by Gasteiger charge is 2.34. The lowest BCUT2D eigenvalue weighted by Crippen LogP contribution is -2.53. The summed E-state index contributed by atoms with van der Waals surface area (Å²) in [6.07, 6.45) is -2.71. The van der Waals surface area contributed by atoms with E-state index < -0.39 is 18.4 Å². The number of nitrogens with zero attached hydrogens (tertiary/aromatic N) is 1. The Hall–Kier alpha value is -0.750. The summed E-state index contributed by atoms with van der Waals surface area (Å²) in [6.45, 7) is 5.40. The van der Waals surface area contributed by atoms with Crippen LogP contribution in [0.2, 0.25) is 0 Å². The van der Waals surface area contributed by atoms with Gasteiger partial charge in [-0.1, -0.05) is 0 Å². The first-order valence-electron chi connectivity index (χ1n) is 5.16. The fourth-order valence-corrected chi connectivity index (χ4v) is 1.04. The third-order valence-corrected chi connectivity index (χ3v) is 2.10. The number of hydroxylamine groups is 2. The number of hydrogen-bond acceptors (Lipinski definition) is 4. The van der Waals surface area contributed by atoms with Gasteiger partial charge in [-0.15, -0.1) is 5.06 Å². The van der Waals surface area contributed by atoms with Crippen molar-refractivity contribution in [3.05, 3.63) is 0 Å². The second-order valence-corrected chi connectivity index (χ2v) is 4.82. The molecular weight excluding hydrogens is 220 g/mol. The van der Waals surface area contributed by atoms with E-state index in [1.165, 1.54) is 5.06 Å². The highest BCUT2D eigenvalue weighted by molar-refractivity contribution is 5.75. The smallest absolute Gasteiger partial charge is 0.330 e. The molecule has 6 heteroatoms. The zero-order valence-corrected chi connectivity index (χ0v) is 9.70. The van der Waals surface area contributed by atoms with Crippen LogP contribution < -0.4 is 0 Å². The average Bonchev–Trinajstić information content (AvgIpc) is 2.05. The van der Waals surface area contributed by atoms with Gasteiger partial charge < -0.3 is 9.57 Å². The predicted molar refractivity (Wildman–Crippen MR) is 52.9 cm³/mol. The van der Waals surface area contributed by atoms with E-state index in [2.05, 4.69) is 0 Å². The molecule has 0 spiro atoms. The van der Waals surface area contributed by atoms with Crippen molar-refractivity contribution in [3.8, 4) is 0 Å². The van der Waals surface area contributed by atoms with Crippen LogP contribution in [0.25, 0.3) is 0 Å². The van der Waals surface area contributed by atoms with Gasteiger partial charge >= 0.3 is 5.97 Å². The highest BCUT2D eigenvalue weighted by Crippen LogP contribution is 2.20. The molecule has 0 radical (unpaired) electrons. The van der Waals surface area contributed by atoms with Gasteiger partial charge in [-0.3, -0.25) is 0 Å². The lowest BCUT2D eigenvalue weighted by Gasteiger charge is -2.37. The van der Waals surface area contributed by atoms with Gasteiger partial charge in [-0.05, 0) is 20.8 Å². The molecule has 0 unspecified atom stereocenters. The van der Waals surface area contributed by atoms with Crippen LogP contribution in [0.4, 0.5) is 8.78 Å². The summed E-state index contributed by atoms with van der Waals surface area (Å²) in [5.74, 6) is -0.334. The number of hydrogen-bond donors (Lipinski definition) is 0. The maximum atomic E-state index is 11.8. The van der Waals surface area contributed by atoms with Gasteiger partial charge in [0, 0.05) is 0 Å². The van der Waals surface area contributed by atoms with E-state index in [0.717, 1.165) is 0 Å². The zero-order chi connectivity index (χ0) is 12.3. The Bertz CT molecular complexity index is 247. The van der Waals surface area contributed by atoms with Crippen molar-refractivity contribution in [2.75, 3.05) is 19.7 Å². The van der Waals surface area contributed by atoms with Gasteiger partial charge in [0.2, 0.25) is 0 Å². The minimum Gasteiger partial charge on any atom is -0.369 e. The second-order valence-electron chi connectivity index (χ2n) is 4.82. The Kier molecular flexibility index (Phi) is 4.21. The topological polar surface area (TPSA) is 38.8 Å². The lowest BCUT2D eigenvalue weighted by atomic mass is 9.98. The number of carbonyl (C=O) groups is 1. The Labute approximate surface area is 93.5 Å². The molecule has 1 fully saturated rings. The Balaban J connectivity index is 2.15. The zero-order valence-electron chi connectivity index (χ0n) is 9.70. The molecule has 0 saturated carbocycles. The first-order valence-corrected chi connectivity index (χ1v) is 5.16. The number of rotatable bonds is 4. The van der Waals surface area contributed by atoms with Crippen molar-refractivity contribution in [3.63, 3.8) is 0 Å². The molecule has 0 N–H and O–H groups in total.